The monoisotopic (exact) mass is 596 g/mol. The molecule has 2 aliphatic heterocycles. The Kier molecular flexibility index (Phi) is 19.9. The zero-order valence-corrected chi connectivity index (χ0v) is 26.9. The third kappa shape index (κ3) is 16.2. The molecule has 2 heterocycles. The number of unbranched alkanes of at least 4 members (excludes halogenated alkanes) is 12. The van der Waals surface area contributed by atoms with Gasteiger partial charge in [-0.2, -0.15) is 0 Å². The van der Waals surface area contributed by atoms with Crippen LogP contribution in [0.5, 0.6) is 0 Å². The van der Waals surface area contributed by atoms with Crippen LogP contribution in [0.4, 0.5) is 0 Å². The fourth-order valence-electron chi connectivity index (χ4n) is 6.41. The van der Waals surface area contributed by atoms with Crippen molar-refractivity contribution in [1.82, 2.24) is 0 Å². The molecule has 0 aliphatic carbocycles. The van der Waals surface area contributed by atoms with Crippen LogP contribution in [0.25, 0.3) is 0 Å². The lowest BCUT2D eigenvalue weighted by molar-refractivity contribution is -0.139. The van der Waals surface area contributed by atoms with E-state index in [1.165, 1.54) is 38.5 Å². The van der Waals surface area contributed by atoms with Gasteiger partial charge in [0.25, 0.3) is 0 Å². The van der Waals surface area contributed by atoms with E-state index in [1.54, 1.807) is 6.08 Å². The Morgan fingerprint density at radius 3 is 1.90 bits per heavy atom. The Morgan fingerprint density at radius 1 is 0.738 bits per heavy atom. The van der Waals surface area contributed by atoms with Crippen molar-refractivity contribution in [3.05, 3.63) is 11.6 Å². The van der Waals surface area contributed by atoms with E-state index in [2.05, 4.69) is 6.92 Å². The standard InChI is InChI=1S/C35H64O7/c1-3-4-5-6-7-8-12-15-20-31(37)32(38)21-16-17-22-33(39)34-24-23-30(42-34)19-14-11-9-10-13-18-29(36)26-28-25-27(2)41-35(28)40/h25,27,29-34,36-39H,3-24,26H2,1-2H3/t27-,29-,30+,31-,32+,33-,34+/m0/s1. The average molecular weight is 597 g/mol. The van der Waals surface area contributed by atoms with Crippen LogP contribution in [0.1, 0.15) is 162 Å². The topological polar surface area (TPSA) is 116 Å². The Labute approximate surface area is 256 Å². The van der Waals surface area contributed by atoms with Gasteiger partial charge in [-0.25, -0.2) is 4.79 Å². The third-order valence-electron chi connectivity index (χ3n) is 9.13. The highest BCUT2D eigenvalue weighted by atomic mass is 16.5. The van der Waals surface area contributed by atoms with Crippen molar-refractivity contribution in [2.75, 3.05) is 0 Å². The molecule has 7 heteroatoms. The highest BCUT2D eigenvalue weighted by Crippen LogP contribution is 2.28. The Balaban J connectivity index is 1.41. The summed E-state index contributed by atoms with van der Waals surface area (Å²) in [5.74, 6) is -0.291. The van der Waals surface area contributed by atoms with Crippen LogP contribution < -0.4 is 0 Å². The maximum absolute atomic E-state index is 11.7. The van der Waals surface area contributed by atoms with Crippen molar-refractivity contribution in [3.63, 3.8) is 0 Å². The van der Waals surface area contributed by atoms with Gasteiger partial charge in [-0.05, 0) is 57.9 Å². The lowest BCUT2D eigenvalue weighted by Crippen LogP contribution is -2.27. The normalized spacial score (nSPS) is 23.5. The number of hydrogen-bond acceptors (Lipinski definition) is 7. The Hall–Kier alpha value is -0.990. The molecule has 0 unspecified atom stereocenters. The molecule has 2 aliphatic rings. The zero-order valence-electron chi connectivity index (χ0n) is 26.9. The molecule has 0 bridgehead atoms. The predicted molar refractivity (Wildman–Crippen MR) is 168 cm³/mol. The van der Waals surface area contributed by atoms with Crippen LogP contribution in [0.2, 0.25) is 0 Å². The summed E-state index contributed by atoms with van der Waals surface area (Å²) in [6.07, 6.45) is 22.5. The van der Waals surface area contributed by atoms with Gasteiger partial charge in [0.15, 0.2) is 0 Å². The first kappa shape index (κ1) is 37.2. The van der Waals surface area contributed by atoms with Gasteiger partial charge >= 0.3 is 5.97 Å². The average Bonchev–Trinajstić information content (AvgIpc) is 3.56. The lowest BCUT2D eigenvalue weighted by Gasteiger charge is -2.20. The quantitative estimate of drug-likeness (QED) is 0.0624. The maximum Gasteiger partial charge on any atom is 0.334 e. The van der Waals surface area contributed by atoms with Crippen molar-refractivity contribution >= 4 is 5.97 Å². The van der Waals surface area contributed by atoms with Gasteiger partial charge < -0.3 is 29.9 Å². The molecule has 0 aromatic heterocycles. The fourth-order valence-corrected chi connectivity index (χ4v) is 6.41. The minimum Gasteiger partial charge on any atom is -0.455 e. The number of cyclic esters (lactones) is 1. The molecule has 7 nitrogen and oxygen atoms in total. The molecule has 1 saturated heterocycles. The first-order valence-electron chi connectivity index (χ1n) is 17.6. The summed E-state index contributed by atoms with van der Waals surface area (Å²) in [6, 6.07) is 0. The summed E-state index contributed by atoms with van der Waals surface area (Å²) in [5, 5.41) is 41.4. The highest BCUT2D eigenvalue weighted by molar-refractivity contribution is 5.90. The predicted octanol–water partition coefficient (Wildman–Crippen LogP) is 7.06. The van der Waals surface area contributed by atoms with Crippen LogP contribution in [0.15, 0.2) is 11.6 Å². The van der Waals surface area contributed by atoms with Gasteiger partial charge in [0.05, 0.1) is 36.6 Å². The minimum atomic E-state index is -0.664. The van der Waals surface area contributed by atoms with Crippen LogP contribution in [0, 0.1) is 0 Å². The number of esters is 1. The number of ether oxygens (including phenoxy) is 2. The molecule has 7 atom stereocenters. The van der Waals surface area contributed by atoms with Crippen molar-refractivity contribution in [1.29, 1.82) is 0 Å². The number of aliphatic hydroxyl groups is 4. The molecule has 246 valence electrons. The summed E-state index contributed by atoms with van der Waals surface area (Å²) >= 11 is 0. The molecule has 0 spiro atoms. The maximum atomic E-state index is 11.7. The molecule has 0 aromatic rings. The van der Waals surface area contributed by atoms with Crippen LogP contribution >= 0.6 is 0 Å². The molecular formula is C35H64O7. The van der Waals surface area contributed by atoms with Gasteiger partial charge in [-0.15, -0.1) is 0 Å². The van der Waals surface area contributed by atoms with Crippen molar-refractivity contribution in [2.24, 2.45) is 0 Å². The van der Waals surface area contributed by atoms with Gasteiger partial charge in [-0.1, -0.05) is 103 Å². The molecule has 0 amide bonds. The van der Waals surface area contributed by atoms with E-state index >= 15 is 0 Å². The summed E-state index contributed by atoms with van der Waals surface area (Å²) in [7, 11) is 0. The molecule has 0 aromatic carbocycles. The highest BCUT2D eigenvalue weighted by Gasteiger charge is 2.30. The Bertz CT molecular complexity index is 726. The second-order valence-corrected chi connectivity index (χ2v) is 13.1. The largest absolute Gasteiger partial charge is 0.455 e. The third-order valence-corrected chi connectivity index (χ3v) is 9.13. The van der Waals surface area contributed by atoms with Crippen LogP contribution in [-0.4, -0.2) is 69.1 Å². The molecule has 42 heavy (non-hydrogen) atoms. The molecule has 0 saturated carbocycles. The van der Waals surface area contributed by atoms with Gasteiger partial charge in [-0.3, -0.25) is 0 Å². The van der Waals surface area contributed by atoms with Gasteiger partial charge in [0.1, 0.15) is 6.10 Å². The van der Waals surface area contributed by atoms with Gasteiger partial charge in [0, 0.05) is 12.0 Å². The second-order valence-electron chi connectivity index (χ2n) is 13.1. The van der Waals surface area contributed by atoms with Gasteiger partial charge in [0.2, 0.25) is 0 Å². The second kappa shape index (κ2) is 22.5. The van der Waals surface area contributed by atoms with E-state index in [9.17, 15) is 25.2 Å². The first-order valence-corrected chi connectivity index (χ1v) is 17.6. The van der Waals surface area contributed by atoms with Crippen LogP contribution in [-0.2, 0) is 14.3 Å². The van der Waals surface area contributed by atoms with E-state index < -0.39 is 24.4 Å². The van der Waals surface area contributed by atoms with E-state index in [1.807, 2.05) is 6.92 Å². The molecule has 0 radical (unpaired) electrons. The van der Waals surface area contributed by atoms with E-state index in [4.69, 9.17) is 9.47 Å². The van der Waals surface area contributed by atoms with Crippen molar-refractivity contribution in [2.45, 2.75) is 204 Å². The fraction of sp³-hybridized carbons (Fsp3) is 0.914. The molecule has 2 rings (SSSR count). The number of carbonyl (C=O) groups excluding carboxylic acids is 1. The summed E-state index contributed by atoms with van der Waals surface area (Å²) in [6.45, 7) is 4.06. The van der Waals surface area contributed by atoms with E-state index in [-0.39, 0.29) is 24.3 Å². The van der Waals surface area contributed by atoms with Crippen molar-refractivity contribution in [3.8, 4) is 0 Å². The smallest absolute Gasteiger partial charge is 0.334 e. The lowest BCUT2D eigenvalue weighted by atomic mass is 9.98. The SMILES string of the molecule is CCCCCCCCCC[C@H](O)[C@H](O)CCCC[C@H](O)[C@H]1CC[C@@H](CCCCCCC[C@H](O)CC2=C[C@H](C)OC2=O)O1. The molecule has 1 fully saturated rings. The first-order chi connectivity index (χ1) is 20.3. The van der Waals surface area contributed by atoms with Crippen LogP contribution in [0.3, 0.4) is 0 Å². The number of hydrogen-bond donors (Lipinski definition) is 4. The molecule has 4 N–H and O–H groups in total. The van der Waals surface area contributed by atoms with E-state index in [0.29, 0.717) is 37.7 Å². The zero-order chi connectivity index (χ0) is 30.6. The number of rotatable bonds is 26. The summed E-state index contributed by atoms with van der Waals surface area (Å²) < 4.78 is 11.2. The number of aliphatic hydroxyl groups excluding tert-OH is 4. The number of carbonyl (C=O) groups is 1. The Morgan fingerprint density at radius 2 is 1.29 bits per heavy atom. The van der Waals surface area contributed by atoms with E-state index in [0.717, 1.165) is 77.0 Å². The summed E-state index contributed by atoms with van der Waals surface area (Å²) in [5.41, 5.74) is 0.605. The minimum absolute atomic E-state index is 0.0794. The van der Waals surface area contributed by atoms with Crippen molar-refractivity contribution < 1.29 is 34.7 Å². The molecular weight excluding hydrogens is 532 g/mol. The summed E-state index contributed by atoms with van der Waals surface area (Å²) in [4.78, 5) is 11.7.